The number of rotatable bonds is 4. The molecule has 1 atom stereocenters. The van der Waals surface area contributed by atoms with Crippen LogP contribution in [0.2, 0.25) is 0 Å². The number of aromatic nitrogens is 1. The van der Waals surface area contributed by atoms with Gasteiger partial charge in [-0.15, -0.1) is 0 Å². The van der Waals surface area contributed by atoms with E-state index >= 15 is 0 Å². The van der Waals surface area contributed by atoms with Crippen molar-refractivity contribution in [3.8, 4) is 0 Å². The molecule has 1 saturated heterocycles. The Bertz CT molecular complexity index is 508. The van der Waals surface area contributed by atoms with E-state index in [-0.39, 0.29) is 11.9 Å². The van der Waals surface area contributed by atoms with Crippen LogP contribution in [-0.2, 0) is 0 Å². The molecule has 1 amide bonds. The van der Waals surface area contributed by atoms with Gasteiger partial charge in [-0.2, -0.15) is 0 Å². The number of likely N-dealkylation sites (N-methyl/N-ethyl adjacent to an activating group) is 2. The van der Waals surface area contributed by atoms with Gasteiger partial charge in [-0.05, 0) is 55.4 Å². The number of likely N-dealkylation sites (tertiary alicyclic amines) is 1. The van der Waals surface area contributed by atoms with Crippen molar-refractivity contribution < 1.29 is 4.79 Å². The zero-order chi connectivity index (χ0) is 15.4. The largest absolute Gasteiger partial charge is 0.370 e. The Balaban J connectivity index is 2.20. The summed E-state index contributed by atoms with van der Waals surface area (Å²) < 4.78 is 0.821. The van der Waals surface area contributed by atoms with Gasteiger partial charge in [-0.25, -0.2) is 4.98 Å². The van der Waals surface area contributed by atoms with Gasteiger partial charge < -0.3 is 15.1 Å². The highest BCUT2D eigenvalue weighted by Gasteiger charge is 2.26. The molecule has 1 aromatic rings. The summed E-state index contributed by atoms with van der Waals surface area (Å²) in [4.78, 5) is 21.3. The Morgan fingerprint density at radius 3 is 3.05 bits per heavy atom. The lowest BCUT2D eigenvalue weighted by atomic mass is 10.0. The highest BCUT2D eigenvalue weighted by molar-refractivity contribution is 9.10. The molecular weight excluding hydrogens is 332 g/mol. The van der Waals surface area contributed by atoms with E-state index in [2.05, 4.69) is 38.2 Å². The Hall–Kier alpha value is -1.14. The fourth-order valence-corrected chi connectivity index (χ4v) is 3.05. The standard InChI is InChI=1S/C15H23BrN4O/c1-4-17-14-13(8-11(16)9-18-14)15(21)20(3)12-6-5-7-19(2)10-12/h8-9,12H,4-7,10H2,1-3H3,(H,17,18). The Morgan fingerprint density at radius 1 is 1.62 bits per heavy atom. The summed E-state index contributed by atoms with van der Waals surface area (Å²) in [5.41, 5.74) is 0.627. The van der Waals surface area contributed by atoms with Crippen molar-refractivity contribution in [1.29, 1.82) is 0 Å². The first-order valence-corrected chi connectivity index (χ1v) is 8.17. The van der Waals surface area contributed by atoms with E-state index < -0.39 is 0 Å². The Morgan fingerprint density at radius 2 is 2.38 bits per heavy atom. The molecule has 0 bridgehead atoms. The predicted octanol–water partition coefficient (Wildman–Crippen LogP) is 2.44. The number of hydrogen-bond donors (Lipinski definition) is 1. The second-order valence-corrected chi connectivity index (χ2v) is 6.47. The van der Waals surface area contributed by atoms with E-state index in [9.17, 15) is 4.79 Å². The van der Waals surface area contributed by atoms with Crippen LogP contribution in [0.3, 0.4) is 0 Å². The third-order valence-corrected chi connectivity index (χ3v) is 4.33. The van der Waals surface area contributed by atoms with Crippen LogP contribution in [0.25, 0.3) is 0 Å². The van der Waals surface area contributed by atoms with Crippen LogP contribution < -0.4 is 5.32 Å². The Labute approximate surface area is 134 Å². The molecule has 1 aromatic heterocycles. The molecule has 0 radical (unpaired) electrons. The molecule has 0 aromatic carbocycles. The predicted molar refractivity (Wildman–Crippen MR) is 88.7 cm³/mol. The van der Waals surface area contributed by atoms with Crippen LogP contribution in [0.5, 0.6) is 0 Å². The number of carbonyl (C=O) groups excluding carboxylic acids is 1. The van der Waals surface area contributed by atoms with Crippen LogP contribution in [0.1, 0.15) is 30.1 Å². The second-order valence-electron chi connectivity index (χ2n) is 5.55. The molecule has 6 heteroatoms. The first-order chi connectivity index (χ1) is 10.0. The number of nitrogens with zero attached hydrogens (tertiary/aromatic N) is 3. The number of anilines is 1. The highest BCUT2D eigenvalue weighted by atomic mass is 79.9. The van der Waals surface area contributed by atoms with Gasteiger partial charge in [0.2, 0.25) is 0 Å². The summed E-state index contributed by atoms with van der Waals surface area (Å²) in [5.74, 6) is 0.682. The van der Waals surface area contributed by atoms with Gasteiger partial charge in [0, 0.05) is 36.8 Å². The number of carbonyl (C=O) groups is 1. The molecule has 1 aliphatic rings. The van der Waals surface area contributed by atoms with E-state index in [4.69, 9.17) is 0 Å². The lowest BCUT2D eigenvalue weighted by molar-refractivity contribution is 0.0644. The molecule has 1 N–H and O–H groups in total. The van der Waals surface area contributed by atoms with Crippen LogP contribution in [0, 0.1) is 0 Å². The molecule has 5 nitrogen and oxygen atoms in total. The fraction of sp³-hybridized carbons (Fsp3) is 0.600. The number of pyridine rings is 1. The van der Waals surface area contributed by atoms with Crippen molar-refractivity contribution in [3.63, 3.8) is 0 Å². The van der Waals surface area contributed by atoms with Crippen molar-refractivity contribution >= 4 is 27.7 Å². The van der Waals surface area contributed by atoms with Crippen LogP contribution in [0.15, 0.2) is 16.7 Å². The quantitative estimate of drug-likeness (QED) is 0.901. The van der Waals surface area contributed by atoms with Gasteiger partial charge >= 0.3 is 0 Å². The lowest BCUT2D eigenvalue weighted by Gasteiger charge is -2.36. The summed E-state index contributed by atoms with van der Waals surface area (Å²) in [6.07, 6.45) is 3.91. The van der Waals surface area contributed by atoms with Gasteiger partial charge in [0.25, 0.3) is 5.91 Å². The van der Waals surface area contributed by atoms with E-state index in [1.165, 1.54) is 0 Å². The minimum atomic E-state index is 0.0278. The van der Waals surface area contributed by atoms with Gasteiger partial charge in [0.15, 0.2) is 0 Å². The van der Waals surface area contributed by atoms with Gasteiger partial charge in [0.1, 0.15) is 5.82 Å². The topological polar surface area (TPSA) is 48.5 Å². The highest BCUT2D eigenvalue weighted by Crippen LogP contribution is 2.22. The number of hydrogen-bond acceptors (Lipinski definition) is 4. The minimum absolute atomic E-state index is 0.0278. The summed E-state index contributed by atoms with van der Waals surface area (Å²) in [6, 6.07) is 2.11. The molecule has 0 aliphatic carbocycles. The molecule has 1 aliphatic heterocycles. The summed E-state index contributed by atoms with van der Waals surface area (Å²) in [6.45, 7) is 4.78. The summed E-state index contributed by atoms with van der Waals surface area (Å²) in [5, 5.41) is 3.16. The van der Waals surface area contributed by atoms with Gasteiger partial charge in [-0.3, -0.25) is 4.79 Å². The SMILES string of the molecule is CCNc1ncc(Br)cc1C(=O)N(C)C1CCCN(C)C1. The molecule has 0 saturated carbocycles. The van der Waals surface area contributed by atoms with Crippen LogP contribution >= 0.6 is 15.9 Å². The molecule has 2 heterocycles. The van der Waals surface area contributed by atoms with E-state index in [0.717, 1.165) is 36.9 Å². The average molecular weight is 355 g/mol. The number of piperidine rings is 1. The summed E-state index contributed by atoms with van der Waals surface area (Å²) in [7, 11) is 4.00. The lowest BCUT2D eigenvalue weighted by Crippen LogP contribution is -2.47. The van der Waals surface area contributed by atoms with Crippen molar-refractivity contribution in [3.05, 3.63) is 22.3 Å². The first kappa shape index (κ1) is 16.2. The van der Waals surface area contributed by atoms with Crippen molar-refractivity contribution in [2.45, 2.75) is 25.8 Å². The van der Waals surface area contributed by atoms with Gasteiger partial charge in [-0.1, -0.05) is 0 Å². The normalized spacial score (nSPS) is 19.3. The second kappa shape index (κ2) is 7.22. The minimum Gasteiger partial charge on any atom is -0.370 e. The first-order valence-electron chi connectivity index (χ1n) is 7.38. The summed E-state index contributed by atoms with van der Waals surface area (Å²) >= 11 is 3.40. The molecule has 1 unspecified atom stereocenters. The average Bonchev–Trinajstić information content (AvgIpc) is 2.48. The Kier molecular flexibility index (Phi) is 5.58. The molecule has 2 rings (SSSR count). The van der Waals surface area contributed by atoms with Crippen LogP contribution in [-0.4, -0.2) is 60.5 Å². The number of amides is 1. The smallest absolute Gasteiger partial charge is 0.257 e. The van der Waals surface area contributed by atoms with Crippen molar-refractivity contribution in [2.24, 2.45) is 0 Å². The maximum absolute atomic E-state index is 12.8. The van der Waals surface area contributed by atoms with Crippen molar-refractivity contribution in [2.75, 3.05) is 39.0 Å². The maximum Gasteiger partial charge on any atom is 0.257 e. The number of halogens is 1. The molecule has 21 heavy (non-hydrogen) atoms. The maximum atomic E-state index is 12.8. The van der Waals surface area contributed by atoms with E-state index in [1.54, 1.807) is 6.20 Å². The van der Waals surface area contributed by atoms with E-state index in [0.29, 0.717) is 11.4 Å². The zero-order valence-electron chi connectivity index (χ0n) is 12.9. The van der Waals surface area contributed by atoms with Crippen LogP contribution in [0.4, 0.5) is 5.82 Å². The molecule has 1 fully saturated rings. The van der Waals surface area contributed by atoms with Gasteiger partial charge in [0.05, 0.1) is 5.56 Å². The molecular formula is C15H23BrN4O. The zero-order valence-corrected chi connectivity index (χ0v) is 14.5. The number of nitrogens with one attached hydrogen (secondary N) is 1. The third-order valence-electron chi connectivity index (χ3n) is 3.90. The monoisotopic (exact) mass is 354 g/mol. The van der Waals surface area contributed by atoms with E-state index in [1.807, 2.05) is 24.9 Å². The third kappa shape index (κ3) is 3.95. The molecule has 116 valence electrons. The fourth-order valence-electron chi connectivity index (χ4n) is 2.72. The molecule has 0 spiro atoms. The van der Waals surface area contributed by atoms with Crippen molar-refractivity contribution in [1.82, 2.24) is 14.8 Å².